The van der Waals surface area contributed by atoms with E-state index in [9.17, 15) is 2.74 Å². The lowest BCUT2D eigenvalue weighted by Gasteiger charge is -2.17. The summed E-state index contributed by atoms with van der Waals surface area (Å²) in [5.41, 5.74) is 7.78. The zero-order chi connectivity index (χ0) is 46.7. The lowest BCUT2D eigenvalue weighted by atomic mass is 9.93. The smallest absolute Gasteiger partial charge is 0.164 e. The standard InChI is InChI=1S/C57H34N4S2/c1-3-15-35(16-4-1)55-58-56(36-17-5-2-6-18-36)60-57(59-55)38-29-31-45-52(34-38)62-51-28-14-22-39(53(45)51)37-30-32-49(61-47-25-10-7-19-40(47)41-20-8-11-26-48(41)61)46(33-37)44-24-13-23-43-42-21-9-12-27-50(42)63-54(43)44/h1-34H/i7D,8D,19D,20D,25D,26D. The Hall–Kier alpha value is -7.77. The summed E-state index contributed by atoms with van der Waals surface area (Å²) in [5, 5.41) is 4.91. The maximum absolute atomic E-state index is 9.29. The number of benzene rings is 9. The van der Waals surface area contributed by atoms with E-state index < -0.39 is 0 Å². The predicted molar refractivity (Wildman–Crippen MR) is 267 cm³/mol. The van der Waals surface area contributed by atoms with Gasteiger partial charge in [0.1, 0.15) is 0 Å². The van der Waals surface area contributed by atoms with Crippen molar-refractivity contribution in [2.75, 3.05) is 0 Å². The van der Waals surface area contributed by atoms with Gasteiger partial charge in [0.15, 0.2) is 17.5 Å². The first-order valence-electron chi connectivity index (χ1n) is 23.6. The van der Waals surface area contributed by atoms with E-state index in [4.69, 9.17) is 20.4 Å². The fourth-order valence-corrected chi connectivity index (χ4v) is 11.4. The Balaban J connectivity index is 1.05. The molecule has 0 spiro atoms. The van der Waals surface area contributed by atoms with Crippen LogP contribution in [0.3, 0.4) is 0 Å². The monoisotopic (exact) mass is 844 g/mol. The summed E-state index contributed by atoms with van der Waals surface area (Å²) in [6.07, 6.45) is 0. The number of hydrogen-bond donors (Lipinski definition) is 0. The average molecular weight is 845 g/mol. The summed E-state index contributed by atoms with van der Waals surface area (Å²) in [5.74, 6) is 1.79. The highest BCUT2D eigenvalue weighted by molar-refractivity contribution is 7.26. The van der Waals surface area contributed by atoms with Crippen LogP contribution < -0.4 is 0 Å². The molecule has 4 nitrogen and oxygen atoms in total. The first-order chi connectivity index (χ1) is 33.7. The molecule has 0 radical (unpaired) electrons. The molecule has 0 saturated heterocycles. The summed E-state index contributed by atoms with van der Waals surface area (Å²) in [6, 6.07) is 55.9. The lowest BCUT2D eigenvalue weighted by molar-refractivity contribution is 1.07. The molecule has 0 aliphatic carbocycles. The molecule has 13 aromatic rings. The summed E-state index contributed by atoms with van der Waals surface area (Å²) in [7, 11) is 0. The van der Waals surface area contributed by atoms with Gasteiger partial charge in [0, 0.05) is 78.9 Å². The Bertz CT molecular complexity index is 4150. The Morgan fingerprint density at radius 2 is 0.984 bits per heavy atom. The molecule has 4 aromatic heterocycles. The van der Waals surface area contributed by atoms with Crippen molar-refractivity contribution in [1.29, 1.82) is 0 Å². The highest BCUT2D eigenvalue weighted by Crippen LogP contribution is 2.46. The van der Waals surface area contributed by atoms with Crippen LogP contribution in [-0.4, -0.2) is 19.5 Å². The minimum atomic E-state index is -0.149. The van der Waals surface area contributed by atoms with Gasteiger partial charge in [-0.2, -0.15) is 0 Å². The lowest BCUT2D eigenvalue weighted by Crippen LogP contribution is -2.00. The first-order valence-corrected chi connectivity index (χ1v) is 22.2. The molecule has 4 heterocycles. The molecule has 0 saturated carbocycles. The fourth-order valence-electron chi connectivity index (χ4n) is 8.97. The highest BCUT2D eigenvalue weighted by Gasteiger charge is 2.21. The van der Waals surface area contributed by atoms with Gasteiger partial charge in [-0.25, -0.2) is 15.0 Å². The van der Waals surface area contributed by atoms with Crippen molar-refractivity contribution in [1.82, 2.24) is 19.5 Å². The number of nitrogens with zero attached hydrogens (tertiary/aromatic N) is 4. The van der Waals surface area contributed by atoms with Crippen LogP contribution in [0, 0.1) is 0 Å². The number of rotatable bonds is 6. The van der Waals surface area contributed by atoms with Gasteiger partial charge in [0.05, 0.1) is 24.9 Å². The van der Waals surface area contributed by atoms with Gasteiger partial charge in [-0.15, -0.1) is 22.7 Å². The van der Waals surface area contributed by atoms with Crippen LogP contribution in [0.4, 0.5) is 0 Å². The second-order valence-corrected chi connectivity index (χ2v) is 17.6. The van der Waals surface area contributed by atoms with E-state index in [1.807, 2.05) is 77.4 Å². The quantitative estimate of drug-likeness (QED) is 0.167. The molecule has 0 aliphatic rings. The molecule has 0 unspecified atom stereocenters. The van der Waals surface area contributed by atoms with E-state index in [-0.39, 0.29) is 47.0 Å². The van der Waals surface area contributed by atoms with Gasteiger partial charge >= 0.3 is 0 Å². The molecule has 13 rings (SSSR count). The molecular formula is C57H34N4S2. The highest BCUT2D eigenvalue weighted by atomic mass is 32.1. The zero-order valence-electron chi connectivity index (χ0n) is 39.3. The van der Waals surface area contributed by atoms with Crippen molar-refractivity contribution >= 4 is 84.8 Å². The van der Waals surface area contributed by atoms with Crippen LogP contribution in [0.2, 0.25) is 0 Å². The average Bonchev–Trinajstić information content (AvgIpc) is 4.08. The third-order valence-corrected chi connectivity index (χ3v) is 14.2. The number of thiophene rings is 2. The summed E-state index contributed by atoms with van der Waals surface area (Å²) >= 11 is 3.43. The number of fused-ring (bicyclic) bond motifs is 9. The number of hydrogen-bond acceptors (Lipinski definition) is 5. The maximum atomic E-state index is 9.29. The molecule has 294 valence electrons. The Morgan fingerprint density at radius 1 is 0.381 bits per heavy atom. The van der Waals surface area contributed by atoms with Gasteiger partial charge < -0.3 is 4.57 Å². The molecule has 0 fully saturated rings. The topological polar surface area (TPSA) is 43.6 Å². The predicted octanol–water partition coefficient (Wildman–Crippen LogP) is 16.0. The van der Waals surface area contributed by atoms with E-state index >= 15 is 0 Å². The molecule has 0 bridgehead atoms. The summed E-state index contributed by atoms with van der Waals surface area (Å²) in [4.78, 5) is 14.9. The van der Waals surface area contributed by atoms with Crippen molar-refractivity contribution in [3.05, 3.63) is 206 Å². The summed E-state index contributed by atoms with van der Waals surface area (Å²) < 4.78 is 60.3. The largest absolute Gasteiger partial charge is 0.309 e. The SMILES string of the molecule is [2H]c1cc([2H])c2c(c1[2H])c1c([2H])c([2H])cc([2H])c1n2-c1ccc(-c2cccc3sc4cc(-c5nc(-c6ccccc6)nc(-c6ccccc6)n5)ccc4c23)cc1-c1cccc2c1sc1ccccc12. The van der Waals surface area contributed by atoms with E-state index in [0.29, 0.717) is 34.2 Å². The van der Waals surface area contributed by atoms with Crippen molar-refractivity contribution in [2.45, 2.75) is 0 Å². The van der Waals surface area contributed by atoms with Gasteiger partial charge in [-0.1, -0.05) is 164 Å². The fraction of sp³-hybridized carbons (Fsp3) is 0. The van der Waals surface area contributed by atoms with E-state index in [1.54, 1.807) is 22.7 Å². The maximum Gasteiger partial charge on any atom is 0.164 e. The minimum Gasteiger partial charge on any atom is -0.309 e. The van der Waals surface area contributed by atoms with Crippen molar-refractivity contribution < 1.29 is 8.22 Å². The minimum absolute atomic E-state index is 0.00116. The molecule has 6 heteroatoms. The molecular weight excluding hydrogens is 805 g/mol. The van der Waals surface area contributed by atoms with Crippen LogP contribution in [0.15, 0.2) is 206 Å². The second-order valence-electron chi connectivity index (χ2n) is 15.4. The zero-order valence-corrected chi connectivity index (χ0v) is 34.9. The third kappa shape index (κ3) is 5.83. The third-order valence-electron chi connectivity index (χ3n) is 11.8. The van der Waals surface area contributed by atoms with Crippen LogP contribution in [0.5, 0.6) is 0 Å². The van der Waals surface area contributed by atoms with E-state index in [2.05, 4.69) is 84.9 Å². The van der Waals surface area contributed by atoms with Crippen LogP contribution in [0.25, 0.3) is 124 Å². The van der Waals surface area contributed by atoms with Crippen LogP contribution >= 0.6 is 22.7 Å². The molecule has 0 amide bonds. The van der Waals surface area contributed by atoms with Crippen LogP contribution in [0.1, 0.15) is 8.22 Å². The van der Waals surface area contributed by atoms with Gasteiger partial charge in [-0.05, 0) is 53.5 Å². The van der Waals surface area contributed by atoms with Crippen molar-refractivity contribution in [2.24, 2.45) is 0 Å². The molecule has 0 atom stereocenters. The van der Waals surface area contributed by atoms with Crippen molar-refractivity contribution in [3.8, 4) is 62.1 Å². The first kappa shape index (κ1) is 30.3. The Kier molecular flexibility index (Phi) is 6.93. The second kappa shape index (κ2) is 14.4. The van der Waals surface area contributed by atoms with E-state index in [1.165, 1.54) is 12.1 Å². The molecule has 0 aliphatic heterocycles. The van der Waals surface area contributed by atoms with Gasteiger partial charge in [-0.3, -0.25) is 0 Å². The number of aromatic nitrogens is 4. The molecule has 0 N–H and O–H groups in total. The van der Waals surface area contributed by atoms with Crippen molar-refractivity contribution in [3.63, 3.8) is 0 Å². The Labute approximate surface area is 379 Å². The number of para-hydroxylation sites is 2. The molecule has 63 heavy (non-hydrogen) atoms. The summed E-state index contributed by atoms with van der Waals surface area (Å²) in [6.45, 7) is 0. The normalized spacial score (nSPS) is 13.1. The van der Waals surface area contributed by atoms with Gasteiger partial charge in [0.2, 0.25) is 0 Å². The Morgan fingerprint density at radius 3 is 1.71 bits per heavy atom. The van der Waals surface area contributed by atoms with Gasteiger partial charge in [0.25, 0.3) is 0 Å². The van der Waals surface area contributed by atoms with Crippen LogP contribution in [-0.2, 0) is 0 Å². The molecule has 9 aromatic carbocycles. The van der Waals surface area contributed by atoms with E-state index in [0.717, 1.165) is 79.3 Å².